The molecule has 0 unspecified atom stereocenters. The fourth-order valence-corrected chi connectivity index (χ4v) is 5.37. The molecule has 1 aliphatic carbocycles. The number of anilines is 1. The van der Waals surface area contributed by atoms with E-state index in [0.717, 1.165) is 35.7 Å². The molecule has 0 N–H and O–H groups in total. The molecule has 0 saturated carbocycles. The van der Waals surface area contributed by atoms with Crippen molar-refractivity contribution in [2.75, 3.05) is 31.1 Å². The number of halogens is 3. The second-order valence-corrected chi connectivity index (χ2v) is 8.88. The van der Waals surface area contributed by atoms with E-state index in [1.54, 1.807) is 27.0 Å². The minimum absolute atomic E-state index is 0.0979. The van der Waals surface area contributed by atoms with Crippen molar-refractivity contribution in [2.24, 2.45) is 7.05 Å². The average molecular weight is 446 g/mol. The predicted molar refractivity (Wildman–Crippen MR) is 113 cm³/mol. The standard InChI is InChI=1S/C22H21F3N4OS/c1-27-20-16-7-12-31-18(16)6-5-17(20)19(26-27)21(30)29-10-8-28(9-11-29)15-4-2-3-14(13-15)22(23,24)25/h2-4,7,12-13H,5-6,8-11H2,1H3. The molecular formula is C22H21F3N4OS. The summed E-state index contributed by atoms with van der Waals surface area (Å²) >= 11 is 1.73. The molecule has 162 valence electrons. The highest BCUT2D eigenvalue weighted by Gasteiger charge is 2.33. The van der Waals surface area contributed by atoms with Gasteiger partial charge >= 0.3 is 6.18 Å². The first-order valence-corrected chi connectivity index (χ1v) is 11.0. The van der Waals surface area contributed by atoms with Gasteiger partial charge in [-0.05, 0) is 42.5 Å². The highest BCUT2D eigenvalue weighted by atomic mass is 32.1. The third kappa shape index (κ3) is 3.50. The molecule has 1 amide bonds. The molecular weight excluding hydrogens is 425 g/mol. The fraction of sp³-hybridized carbons (Fsp3) is 0.364. The summed E-state index contributed by atoms with van der Waals surface area (Å²) in [7, 11) is 1.87. The van der Waals surface area contributed by atoms with Crippen molar-refractivity contribution in [1.82, 2.24) is 14.7 Å². The zero-order valence-corrected chi connectivity index (χ0v) is 17.8. The van der Waals surface area contributed by atoms with Crippen molar-refractivity contribution >= 4 is 22.9 Å². The van der Waals surface area contributed by atoms with Gasteiger partial charge in [-0.3, -0.25) is 9.48 Å². The lowest BCUT2D eigenvalue weighted by atomic mass is 9.94. The Morgan fingerprint density at radius 3 is 2.61 bits per heavy atom. The number of aromatic nitrogens is 2. The SMILES string of the molecule is Cn1nc(C(=O)N2CCN(c3cccc(C(F)(F)F)c3)CC2)c2c1-c1ccsc1CC2. The molecule has 2 aromatic heterocycles. The Morgan fingerprint density at radius 2 is 1.87 bits per heavy atom. The highest BCUT2D eigenvalue weighted by Crippen LogP contribution is 2.38. The summed E-state index contributed by atoms with van der Waals surface area (Å²) in [5, 5.41) is 6.62. The summed E-state index contributed by atoms with van der Waals surface area (Å²) in [6, 6.07) is 7.44. The lowest BCUT2D eigenvalue weighted by Crippen LogP contribution is -2.49. The number of hydrogen-bond donors (Lipinski definition) is 0. The van der Waals surface area contributed by atoms with Crippen LogP contribution in [0.15, 0.2) is 35.7 Å². The number of aryl methyl sites for hydroxylation is 2. The summed E-state index contributed by atoms with van der Waals surface area (Å²) in [6.07, 6.45) is -2.66. The van der Waals surface area contributed by atoms with Gasteiger partial charge in [0.1, 0.15) is 0 Å². The number of amides is 1. The number of fused-ring (bicyclic) bond motifs is 3. The summed E-state index contributed by atoms with van der Waals surface area (Å²) in [4.78, 5) is 18.2. The van der Waals surface area contributed by atoms with E-state index in [9.17, 15) is 18.0 Å². The van der Waals surface area contributed by atoms with Crippen LogP contribution in [-0.4, -0.2) is 46.8 Å². The Morgan fingerprint density at radius 1 is 1.10 bits per heavy atom. The van der Waals surface area contributed by atoms with Crippen LogP contribution in [0.1, 0.15) is 26.5 Å². The molecule has 5 nitrogen and oxygen atoms in total. The van der Waals surface area contributed by atoms with Gasteiger partial charge in [-0.15, -0.1) is 11.3 Å². The number of benzene rings is 1. The van der Waals surface area contributed by atoms with Gasteiger partial charge in [0.05, 0.1) is 11.3 Å². The number of carbonyl (C=O) groups is 1. The van der Waals surface area contributed by atoms with Crippen LogP contribution in [0.4, 0.5) is 18.9 Å². The van der Waals surface area contributed by atoms with Crippen LogP contribution in [-0.2, 0) is 26.1 Å². The van der Waals surface area contributed by atoms with Crippen LogP contribution in [0.2, 0.25) is 0 Å². The molecule has 2 aliphatic rings. The second-order valence-electron chi connectivity index (χ2n) is 7.88. The van der Waals surface area contributed by atoms with Crippen LogP contribution >= 0.6 is 11.3 Å². The van der Waals surface area contributed by atoms with Gasteiger partial charge in [-0.1, -0.05) is 6.07 Å². The molecule has 3 aromatic rings. The topological polar surface area (TPSA) is 41.4 Å². The van der Waals surface area contributed by atoms with Gasteiger partial charge < -0.3 is 9.80 Å². The minimum atomic E-state index is -4.37. The van der Waals surface area contributed by atoms with Gasteiger partial charge in [-0.25, -0.2) is 0 Å². The van der Waals surface area contributed by atoms with Crippen LogP contribution < -0.4 is 4.90 Å². The number of thiophene rings is 1. The lowest BCUT2D eigenvalue weighted by Gasteiger charge is -2.36. The van der Waals surface area contributed by atoms with E-state index in [0.29, 0.717) is 37.6 Å². The molecule has 1 saturated heterocycles. The van der Waals surface area contributed by atoms with Crippen molar-refractivity contribution in [2.45, 2.75) is 19.0 Å². The smallest absolute Gasteiger partial charge is 0.368 e. The number of rotatable bonds is 2. The van der Waals surface area contributed by atoms with Gasteiger partial charge in [0.15, 0.2) is 5.69 Å². The van der Waals surface area contributed by atoms with E-state index in [2.05, 4.69) is 16.5 Å². The monoisotopic (exact) mass is 446 g/mol. The molecule has 0 spiro atoms. The zero-order valence-electron chi connectivity index (χ0n) is 16.9. The van der Waals surface area contributed by atoms with E-state index < -0.39 is 11.7 Å². The maximum absolute atomic E-state index is 13.2. The van der Waals surface area contributed by atoms with Crippen LogP contribution in [0.5, 0.6) is 0 Å². The first kappa shape index (κ1) is 20.1. The van der Waals surface area contributed by atoms with Gasteiger partial charge in [0.2, 0.25) is 0 Å². The Hall–Kier alpha value is -2.81. The Labute approximate surface area is 181 Å². The molecule has 0 atom stereocenters. The molecule has 9 heteroatoms. The largest absolute Gasteiger partial charge is 0.416 e. The van der Waals surface area contributed by atoms with E-state index >= 15 is 0 Å². The van der Waals surface area contributed by atoms with Gasteiger partial charge in [0.25, 0.3) is 5.91 Å². The number of hydrogen-bond acceptors (Lipinski definition) is 4. The fourth-order valence-electron chi connectivity index (χ4n) is 4.49. The van der Waals surface area contributed by atoms with E-state index in [-0.39, 0.29) is 5.91 Å². The number of piperazine rings is 1. The average Bonchev–Trinajstić information content (AvgIpc) is 3.37. The van der Waals surface area contributed by atoms with Crippen molar-refractivity contribution in [1.29, 1.82) is 0 Å². The molecule has 0 bridgehead atoms. The Bertz CT molecular complexity index is 1140. The van der Waals surface area contributed by atoms with Crippen LogP contribution in [0.3, 0.4) is 0 Å². The Balaban J connectivity index is 1.33. The van der Waals surface area contributed by atoms with Crippen LogP contribution in [0.25, 0.3) is 11.3 Å². The molecule has 0 radical (unpaired) electrons. The first-order chi connectivity index (χ1) is 14.8. The first-order valence-electron chi connectivity index (χ1n) is 10.2. The molecule has 1 aromatic carbocycles. The maximum atomic E-state index is 13.2. The maximum Gasteiger partial charge on any atom is 0.416 e. The summed E-state index contributed by atoms with van der Waals surface area (Å²) in [5.41, 5.74) is 3.56. The molecule has 1 fully saturated rings. The Kier molecular flexibility index (Phi) is 4.80. The van der Waals surface area contributed by atoms with Gasteiger partial charge in [-0.2, -0.15) is 18.3 Å². The van der Waals surface area contributed by atoms with Crippen molar-refractivity contribution < 1.29 is 18.0 Å². The molecule has 31 heavy (non-hydrogen) atoms. The van der Waals surface area contributed by atoms with E-state index in [1.807, 2.05) is 11.9 Å². The third-order valence-electron chi connectivity index (χ3n) is 6.06. The number of alkyl halides is 3. The molecule has 5 rings (SSSR count). The second kappa shape index (κ2) is 7.40. The molecule has 1 aliphatic heterocycles. The number of carbonyl (C=O) groups excluding carboxylic acids is 1. The van der Waals surface area contributed by atoms with E-state index in [4.69, 9.17) is 0 Å². The predicted octanol–water partition coefficient (Wildman–Crippen LogP) is 4.23. The lowest BCUT2D eigenvalue weighted by molar-refractivity contribution is -0.137. The summed E-state index contributed by atoms with van der Waals surface area (Å²) in [6.45, 7) is 1.86. The number of nitrogens with zero attached hydrogens (tertiary/aromatic N) is 4. The van der Waals surface area contributed by atoms with E-state index in [1.165, 1.54) is 17.0 Å². The van der Waals surface area contributed by atoms with Crippen molar-refractivity contribution in [3.63, 3.8) is 0 Å². The zero-order chi connectivity index (χ0) is 21.8. The normalized spacial score (nSPS) is 16.3. The third-order valence-corrected chi connectivity index (χ3v) is 7.04. The minimum Gasteiger partial charge on any atom is -0.368 e. The summed E-state index contributed by atoms with van der Waals surface area (Å²) < 4.78 is 40.9. The van der Waals surface area contributed by atoms with Crippen LogP contribution in [0, 0.1) is 0 Å². The molecule has 3 heterocycles. The van der Waals surface area contributed by atoms with Crippen molar-refractivity contribution in [3.05, 3.63) is 57.4 Å². The van der Waals surface area contributed by atoms with Gasteiger partial charge in [0, 0.05) is 54.9 Å². The summed E-state index contributed by atoms with van der Waals surface area (Å²) in [5.74, 6) is -0.0979. The highest BCUT2D eigenvalue weighted by molar-refractivity contribution is 7.10. The van der Waals surface area contributed by atoms with Crippen molar-refractivity contribution in [3.8, 4) is 11.3 Å². The quantitative estimate of drug-likeness (QED) is 0.592.